The topological polar surface area (TPSA) is 134 Å². The van der Waals surface area contributed by atoms with Crippen LogP contribution in [0.5, 0.6) is 17.2 Å². The number of hydrogen-bond acceptors (Lipinski definition) is 10. The van der Waals surface area contributed by atoms with Crippen LogP contribution in [0.25, 0.3) is 16.6 Å². The maximum absolute atomic E-state index is 12.9. The van der Waals surface area contributed by atoms with Crippen LogP contribution in [-0.2, 0) is 17.1 Å². The van der Waals surface area contributed by atoms with Crippen molar-refractivity contribution < 1.29 is 50.1 Å². The largest absolute Gasteiger partial charge is 0.490 e. The van der Waals surface area contributed by atoms with Crippen LogP contribution >= 0.6 is 0 Å². The first-order chi connectivity index (χ1) is 35.0. The van der Waals surface area contributed by atoms with E-state index in [2.05, 4.69) is 72.2 Å². The molecule has 4 N–H and O–H groups in total. The van der Waals surface area contributed by atoms with E-state index in [4.69, 9.17) is 14.2 Å². The lowest BCUT2D eigenvalue weighted by molar-refractivity contribution is -0.138. The summed E-state index contributed by atoms with van der Waals surface area (Å²) < 4.78 is 96.5. The summed E-state index contributed by atoms with van der Waals surface area (Å²) in [6, 6.07) is 25.1. The number of rotatable bonds is 15. The lowest BCUT2D eigenvalue weighted by Crippen LogP contribution is -2.63. The van der Waals surface area contributed by atoms with E-state index < -0.39 is 29.4 Å². The van der Waals surface area contributed by atoms with Crippen LogP contribution in [0.1, 0.15) is 84.5 Å². The summed E-state index contributed by atoms with van der Waals surface area (Å²) in [4.78, 5) is 29.5. The van der Waals surface area contributed by atoms with Crippen LogP contribution in [-0.4, -0.2) is 108 Å². The van der Waals surface area contributed by atoms with Crippen molar-refractivity contribution >= 4 is 28.4 Å². The second-order valence-corrected chi connectivity index (χ2v) is 19.5. The number of carbonyl (C=O) groups is 2. The van der Waals surface area contributed by atoms with E-state index in [0.29, 0.717) is 29.4 Å². The molecule has 4 fully saturated rings. The highest BCUT2D eigenvalue weighted by atomic mass is 19.4. The molecule has 388 valence electrons. The molecule has 73 heavy (non-hydrogen) atoms. The number of alkyl halides is 6. The smallest absolute Gasteiger partial charge is 0.416 e. The molecule has 10 rings (SSSR count). The molecule has 5 aliphatic rings. The third-order valence-corrected chi connectivity index (χ3v) is 14.3. The molecule has 2 saturated carbocycles. The maximum atomic E-state index is 12.9. The molecular weight excluding hydrogens is 955 g/mol. The molecule has 0 bridgehead atoms. The number of hydrogen-bond donors (Lipinski definition) is 4. The van der Waals surface area contributed by atoms with Crippen LogP contribution in [0.15, 0.2) is 116 Å². The summed E-state index contributed by atoms with van der Waals surface area (Å²) in [6.45, 7) is 11.5. The number of fused-ring (bicyclic) bond motifs is 2. The van der Waals surface area contributed by atoms with Crippen LogP contribution in [0, 0.1) is 0 Å². The average Bonchev–Trinajstić information content (AvgIpc) is 4.02. The first-order valence-electron chi connectivity index (χ1n) is 24.8. The van der Waals surface area contributed by atoms with Gasteiger partial charge in [0.2, 0.25) is 12.7 Å². The van der Waals surface area contributed by atoms with Crippen molar-refractivity contribution in [2.45, 2.75) is 100 Å². The Morgan fingerprint density at radius 1 is 0.644 bits per heavy atom. The lowest BCUT2D eigenvalue weighted by atomic mass is 9.88. The van der Waals surface area contributed by atoms with Gasteiger partial charge in [0.05, 0.1) is 60.2 Å². The number of nitrogens with one attached hydrogen (secondary N) is 4. The van der Waals surface area contributed by atoms with Gasteiger partial charge in [-0.25, -0.2) is 0 Å². The first-order valence-corrected chi connectivity index (χ1v) is 24.8. The molecule has 5 aromatic rings. The van der Waals surface area contributed by atoms with Crippen molar-refractivity contribution in [3.05, 3.63) is 138 Å². The Morgan fingerprint density at radius 3 is 1.90 bits per heavy atom. The standard InChI is InChI=1S/C27H30F3N5O.C27H30F3N3O4/c1-18(14-31-26(36)19-6-4-7-21(13-19)27(28,29)30)33-22-16-34(17-22)23-9-11-24(12-10-23)35-25-8-3-2-5-20(25)15-32-35;1-17(18-3-2-4-19(11-18)27(28,29)30)31-13-26(34)32-20-14-33(15-20)21-5-7-22(8-6-21)37-23-9-10-24-25(12-23)36-16-35-24/h2-8,13,15,22-24,33H,1,9-12,14,16-17H2,(H,31,36);2-4,9-12,20-22,31H,1,5-8,13-16H2,(H,32,34). The predicted octanol–water partition coefficient (Wildman–Crippen LogP) is 8.94. The van der Waals surface area contributed by atoms with Gasteiger partial charge in [0.1, 0.15) is 5.75 Å². The second kappa shape index (κ2) is 22.2. The molecule has 2 amide bonds. The second-order valence-electron chi connectivity index (χ2n) is 19.5. The third kappa shape index (κ3) is 12.9. The number of benzene rings is 4. The number of likely N-dealkylation sites (tertiary alicyclic amines) is 2. The van der Waals surface area contributed by atoms with Crippen LogP contribution in [0.2, 0.25) is 0 Å². The van der Waals surface area contributed by atoms with Crippen molar-refractivity contribution in [1.82, 2.24) is 40.8 Å². The molecule has 13 nitrogen and oxygen atoms in total. The molecule has 19 heteroatoms. The Labute approximate surface area is 419 Å². The zero-order valence-corrected chi connectivity index (χ0v) is 40.3. The highest BCUT2D eigenvalue weighted by Gasteiger charge is 2.38. The molecule has 4 heterocycles. The normalized spacial score (nSPS) is 21.5. The van der Waals surface area contributed by atoms with Gasteiger partial charge in [-0.3, -0.25) is 24.1 Å². The Hall–Kier alpha value is -6.73. The van der Waals surface area contributed by atoms with Crippen molar-refractivity contribution in [1.29, 1.82) is 0 Å². The summed E-state index contributed by atoms with van der Waals surface area (Å²) in [5.41, 5.74) is 0.814. The highest BCUT2D eigenvalue weighted by molar-refractivity contribution is 5.94. The maximum Gasteiger partial charge on any atom is 0.416 e. The van der Waals surface area contributed by atoms with Gasteiger partial charge in [0, 0.05) is 66.7 Å². The molecule has 1 aromatic heterocycles. The summed E-state index contributed by atoms with van der Waals surface area (Å²) in [5.74, 6) is 1.49. The number of halogens is 6. The minimum atomic E-state index is -4.48. The van der Waals surface area contributed by atoms with Crippen LogP contribution < -0.4 is 35.5 Å². The van der Waals surface area contributed by atoms with Crippen molar-refractivity contribution in [2.24, 2.45) is 0 Å². The third-order valence-electron chi connectivity index (χ3n) is 14.3. The molecule has 2 saturated heterocycles. The Bertz CT molecular complexity index is 2760. The van der Waals surface area contributed by atoms with Gasteiger partial charge in [-0.1, -0.05) is 49.6 Å². The molecule has 0 radical (unpaired) electrons. The Balaban J connectivity index is 0.000000180. The molecule has 4 aromatic carbocycles. The van der Waals surface area contributed by atoms with E-state index in [1.807, 2.05) is 30.5 Å². The van der Waals surface area contributed by atoms with E-state index in [0.717, 1.165) is 119 Å². The Morgan fingerprint density at radius 2 is 1.23 bits per heavy atom. The number of aromatic nitrogens is 2. The van der Waals surface area contributed by atoms with Gasteiger partial charge >= 0.3 is 12.4 Å². The molecule has 3 aliphatic heterocycles. The van der Waals surface area contributed by atoms with E-state index in [1.165, 1.54) is 35.2 Å². The van der Waals surface area contributed by atoms with Crippen molar-refractivity contribution in [3.8, 4) is 17.2 Å². The SMILES string of the molecule is C=C(CNC(=O)c1cccc(C(F)(F)F)c1)NC1CN(C2CCC(n3ncc4ccccc43)CC2)C1.C=C(NCC(=O)NC1CN(C2CCC(Oc3ccc4c(c3)OCO4)CC2)C1)c1cccc(C(F)(F)F)c1. The molecule has 0 atom stereocenters. The molecule has 2 aliphatic carbocycles. The number of nitrogens with zero attached hydrogens (tertiary/aromatic N) is 4. The Kier molecular flexibility index (Phi) is 15.5. The van der Waals surface area contributed by atoms with Crippen molar-refractivity contribution in [2.75, 3.05) is 46.1 Å². The van der Waals surface area contributed by atoms with Gasteiger partial charge in [0.15, 0.2) is 11.5 Å². The fourth-order valence-electron chi connectivity index (χ4n) is 10.3. The van der Waals surface area contributed by atoms with Crippen LogP contribution in [0.3, 0.4) is 0 Å². The van der Waals surface area contributed by atoms with Crippen molar-refractivity contribution in [3.63, 3.8) is 0 Å². The van der Waals surface area contributed by atoms with Crippen LogP contribution in [0.4, 0.5) is 26.3 Å². The van der Waals surface area contributed by atoms with E-state index in [1.54, 1.807) is 0 Å². The van der Waals surface area contributed by atoms with E-state index in [9.17, 15) is 35.9 Å². The zero-order valence-electron chi connectivity index (χ0n) is 40.3. The molecule has 0 spiro atoms. The summed E-state index contributed by atoms with van der Waals surface area (Å²) >= 11 is 0. The summed E-state index contributed by atoms with van der Waals surface area (Å²) in [7, 11) is 0. The van der Waals surface area contributed by atoms with Gasteiger partial charge < -0.3 is 35.5 Å². The van der Waals surface area contributed by atoms with Gasteiger partial charge in [-0.2, -0.15) is 31.4 Å². The number of ether oxygens (including phenoxy) is 3. The number of para-hydroxylation sites is 1. The molecule has 0 unspecified atom stereocenters. The zero-order chi connectivity index (χ0) is 51.3. The number of carbonyl (C=O) groups excluding carboxylic acids is 2. The summed E-state index contributed by atoms with van der Waals surface area (Å²) in [5, 5.41) is 17.6. The quantitative estimate of drug-likeness (QED) is 0.0754. The van der Waals surface area contributed by atoms with E-state index >= 15 is 0 Å². The first kappa shape index (κ1) is 51.2. The summed E-state index contributed by atoms with van der Waals surface area (Å²) in [6.07, 6.45) is 1.71. The van der Waals surface area contributed by atoms with Gasteiger partial charge in [-0.05, 0) is 105 Å². The minimum absolute atomic E-state index is 0.0221. The number of amides is 2. The monoisotopic (exact) mass is 1010 g/mol. The lowest BCUT2D eigenvalue weighted by Gasteiger charge is -2.47. The highest BCUT2D eigenvalue weighted by Crippen LogP contribution is 2.38. The molecular formula is C54H60F6N8O5. The van der Waals surface area contributed by atoms with E-state index in [-0.39, 0.29) is 55.2 Å². The minimum Gasteiger partial charge on any atom is -0.490 e. The van der Waals surface area contributed by atoms with Gasteiger partial charge in [0.25, 0.3) is 5.91 Å². The fourth-order valence-corrected chi connectivity index (χ4v) is 10.3. The van der Waals surface area contributed by atoms with Gasteiger partial charge in [-0.15, -0.1) is 0 Å². The fraction of sp³-hybridized carbons (Fsp3) is 0.426. The predicted molar refractivity (Wildman–Crippen MR) is 264 cm³/mol. The average molecular weight is 1020 g/mol.